The summed E-state index contributed by atoms with van der Waals surface area (Å²) in [5.41, 5.74) is 1.24. The lowest BCUT2D eigenvalue weighted by Gasteiger charge is -2.16. The lowest BCUT2D eigenvalue weighted by Crippen LogP contribution is -2.14. The van der Waals surface area contributed by atoms with Crippen LogP contribution in [0, 0.1) is 0 Å². The Labute approximate surface area is 67.1 Å². The van der Waals surface area contributed by atoms with Crippen LogP contribution in [0.15, 0.2) is 35.6 Å². The van der Waals surface area contributed by atoms with Crippen molar-refractivity contribution in [1.29, 1.82) is 0 Å². The van der Waals surface area contributed by atoms with Crippen molar-refractivity contribution in [2.45, 2.75) is 25.9 Å². The summed E-state index contributed by atoms with van der Waals surface area (Å²) in [7, 11) is 0. The Kier molecular flexibility index (Phi) is 1.22. The van der Waals surface area contributed by atoms with Crippen molar-refractivity contribution >= 4 is 0 Å². The molecule has 0 saturated heterocycles. The van der Waals surface area contributed by atoms with Gasteiger partial charge in [0.05, 0.1) is 0 Å². The van der Waals surface area contributed by atoms with E-state index < -0.39 is 0 Å². The minimum Gasteiger partial charge on any atom is -0.483 e. The van der Waals surface area contributed by atoms with Crippen molar-refractivity contribution in [2.75, 3.05) is 0 Å². The van der Waals surface area contributed by atoms with Crippen molar-refractivity contribution in [3.8, 4) is 0 Å². The van der Waals surface area contributed by atoms with Gasteiger partial charge in [0.1, 0.15) is 11.4 Å². The highest BCUT2D eigenvalue weighted by Crippen LogP contribution is 2.34. The maximum Gasteiger partial charge on any atom is 0.123 e. The van der Waals surface area contributed by atoms with Gasteiger partial charge in [0, 0.05) is 0 Å². The monoisotopic (exact) mass is 148 g/mol. The topological polar surface area (TPSA) is 9.23 Å². The first-order chi connectivity index (χ1) is 5.17. The highest BCUT2D eigenvalue weighted by Gasteiger charge is 2.28. The molecule has 0 saturated carbocycles. The summed E-state index contributed by atoms with van der Waals surface area (Å²) in [6, 6.07) is 0. The van der Waals surface area contributed by atoms with Crippen LogP contribution in [-0.2, 0) is 4.74 Å². The van der Waals surface area contributed by atoms with E-state index in [2.05, 4.69) is 26.0 Å². The van der Waals surface area contributed by atoms with Crippen LogP contribution in [0.1, 0.15) is 20.3 Å². The molecule has 0 aromatic carbocycles. The van der Waals surface area contributed by atoms with Crippen molar-refractivity contribution < 1.29 is 4.74 Å². The fourth-order valence-corrected chi connectivity index (χ4v) is 1.52. The molecule has 0 atom stereocenters. The van der Waals surface area contributed by atoms with E-state index in [4.69, 9.17) is 4.74 Å². The summed E-state index contributed by atoms with van der Waals surface area (Å²) < 4.78 is 5.67. The van der Waals surface area contributed by atoms with Crippen LogP contribution in [-0.4, -0.2) is 5.60 Å². The Balaban J connectivity index is 2.36. The van der Waals surface area contributed by atoms with E-state index >= 15 is 0 Å². The molecule has 0 amide bonds. The van der Waals surface area contributed by atoms with Crippen molar-refractivity contribution in [2.24, 2.45) is 0 Å². The number of rotatable bonds is 0. The summed E-state index contributed by atoms with van der Waals surface area (Å²) in [5.74, 6) is 1.05. The second-order valence-electron chi connectivity index (χ2n) is 3.54. The maximum atomic E-state index is 5.67. The highest BCUT2D eigenvalue weighted by atomic mass is 16.5. The molecule has 0 aromatic rings. The maximum absolute atomic E-state index is 5.67. The average molecular weight is 148 g/mol. The zero-order valence-electron chi connectivity index (χ0n) is 6.92. The number of fused-ring (bicyclic) bond motifs is 1. The van der Waals surface area contributed by atoms with Crippen molar-refractivity contribution in [3.05, 3.63) is 35.6 Å². The SMILES string of the molecule is CC1(C)C=C2CC=CC=C2O1. The summed E-state index contributed by atoms with van der Waals surface area (Å²) in [5, 5.41) is 0. The first-order valence-corrected chi connectivity index (χ1v) is 3.95. The molecule has 1 heterocycles. The molecule has 0 spiro atoms. The fraction of sp³-hybridized carbons (Fsp3) is 0.400. The first kappa shape index (κ1) is 6.71. The van der Waals surface area contributed by atoms with E-state index in [1.807, 2.05) is 12.2 Å². The summed E-state index contributed by atoms with van der Waals surface area (Å²) in [6.07, 6.45) is 9.45. The van der Waals surface area contributed by atoms with Crippen LogP contribution >= 0.6 is 0 Å². The van der Waals surface area contributed by atoms with Crippen LogP contribution in [0.4, 0.5) is 0 Å². The Morgan fingerprint density at radius 3 is 3.00 bits per heavy atom. The third-order valence-corrected chi connectivity index (χ3v) is 1.93. The Hall–Kier alpha value is -0.980. The van der Waals surface area contributed by atoms with Gasteiger partial charge >= 0.3 is 0 Å². The normalized spacial score (nSPS) is 25.3. The first-order valence-electron chi connectivity index (χ1n) is 3.95. The molecular formula is C10H12O. The predicted molar refractivity (Wildman–Crippen MR) is 45.1 cm³/mol. The standard InChI is InChI=1S/C10H12O/c1-10(2)7-8-5-3-4-6-9(8)11-10/h3-4,6-7H,5H2,1-2H3. The number of hydrogen-bond donors (Lipinski definition) is 0. The van der Waals surface area contributed by atoms with Crippen LogP contribution in [0.2, 0.25) is 0 Å². The zero-order chi connectivity index (χ0) is 7.90. The number of ether oxygens (including phenoxy) is 1. The van der Waals surface area contributed by atoms with Crippen molar-refractivity contribution in [3.63, 3.8) is 0 Å². The Morgan fingerprint density at radius 2 is 2.27 bits per heavy atom. The van der Waals surface area contributed by atoms with Crippen LogP contribution in [0.25, 0.3) is 0 Å². The van der Waals surface area contributed by atoms with E-state index in [1.165, 1.54) is 5.57 Å². The fourth-order valence-electron chi connectivity index (χ4n) is 1.52. The molecule has 2 aliphatic rings. The third-order valence-electron chi connectivity index (χ3n) is 1.93. The predicted octanol–water partition coefficient (Wildman–Crippen LogP) is 2.57. The van der Waals surface area contributed by atoms with E-state index in [0.717, 1.165) is 12.2 Å². The molecule has 1 aliphatic carbocycles. The minimum atomic E-state index is -0.0901. The summed E-state index contributed by atoms with van der Waals surface area (Å²) >= 11 is 0. The molecule has 0 bridgehead atoms. The van der Waals surface area contributed by atoms with E-state index in [0.29, 0.717) is 0 Å². The molecule has 0 aromatic heterocycles. The molecule has 0 N–H and O–H groups in total. The molecule has 1 nitrogen and oxygen atoms in total. The molecule has 11 heavy (non-hydrogen) atoms. The smallest absolute Gasteiger partial charge is 0.123 e. The van der Waals surface area contributed by atoms with Crippen LogP contribution < -0.4 is 0 Å². The molecule has 0 unspecified atom stereocenters. The van der Waals surface area contributed by atoms with E-state index in [9.17, 15) is 0 Å². The molecule has 0 radical (unpaired) electrons. The lowest BCUT2D eigenvalue weighted by atomic mass is 10.0. The largest absolute Gasteiger partial charge is 0.483 e. The van der Waals surface area contributed by atoms with E-state index in [1.54, 1.807) is 0 Å². The lowest BCUT2D eigenvalue weighted by molar-refractivity contribution is 0.102. The summed E-state index contributed by atoms with van der Waals surface area (Å²) in [4.78, 5) is 0. The Morgan fingerprint density at radius 1 is 1.45 bits per heavy atom. The Bertz CT molecular complexity index is 267. The highest BCUT2D eigenvalue weighted by molar-refractivity contribution is 5.40. The van der Waals surface area contributed by atoms with Gasteiger partial charge in [0.2, 0.25) is 0 Å². The van der Waals surface area contributed by atoms with Gasteiger partial charge < -0.3 is 4.74 Å². The van der Waals surface area contributed by atoms with Gasteiger partial charge in [0.25, 0.3) is 0 Å². The molecular weight excluding hydrogens is 136 g/mol. The second-order valence-corrected chi connectivity index (χ2v) is 3.54. The third kappa shape index (κ3) is 1.11. The molecule has 0 fully saturated rings. The van der Waals surface area contributed by atoms with Gasteiger partial charge in [-0.1, -0.05) is 12.2 Å². The molecule has 2 rings (SSSR count). The molecule has 58 valence electrons. The van der Waals surface area contributed by atoms with Gasteiger partial charge in [-0.25, -0.2) is 0 Å². The second kappa shape index (κ2) is 2.00. The van der Waals surface area contributed by atoms with Gasteiger partial charge in [-0.15, -0.1) is 0 Å². The molecule has 1 aliphatic heterocycles. The molecule has 1 heteroatoms. The zero-order valence-corrected chi connectivity index (χ0v) is 6.92. The summed E-state index contributed by atoms with van der Waals surface area (Å²) in [6.45, 7) is 4.16. The van der Waals surface area contributed by atoms with Gasteiger partial charge in [-0.2, -0.15) is 0 Å². The average Bonchev–Trinajstić information content (AvgIpc) is 2.21. The van der Waals surface area contributed by atoms with Gasteiger partial charge in [-0.05, 0) is 38.0 Å². The van der Waals surface area contributed by atoms with Crippen molar-refractivity contribution in [1.82, 2.24) is 0 Å². The number of allylic oxidation sites excluding steroid dienone is 4. The van der Waals surface area contributed by atoms with Crippen LogP contribution in [0.3, 0.4) is 0 Å². The number of hydrogen-bond acceptors (Lipinski definition) is 1. The quantitative estimate of drug-likeness (QED) is 0.513. The van der Waals surface area contributed by atoms with Gasteiger partial charge in [0.15, 0.2) is 0 Å². The van der Waals surface area contributed by atoms with E-state index in [-0.39, 0.29) is 5.60 Å². The van der Waals surface area contributed by atoms with Crippen LogP contribution in [0.5, 0.6) is 0 Å². The minimum absolute atomic E-state index is 0.0901. The van der Waals surface area contributed by atoms with Gasteiger partial charge in [-0.3, -0.25) is 0 Å².